The number of piperazine rings is 1. The molecule has 4 rings (SSSR count). The zero-order valence-corrected chi connectivity index (χ0v) is 16.3. The number of pyridine rings is 1. The number of rotatable bonds is 5. The van der Waals surface area contributed by atoms with E-state index < -0.39 is 0 Å². The van der Waals surface area contributed by atoms with Gasteiger partial charge in [-0.15, -0.1) is 0 Å². The summed E-state index contributed by atoms with van der Waals surface area (Å²) in [6.45, 7) is 6.04. The third-order valence-corrected chi connectivity index (χ3v) is 5.18. The molecule has 1 unspecified atom stereocenters. The Balaban J connectivity index is 1.40. The minimum atomic E-state index is 0.425. The summed E-state index contributed by atoms with van der Waals surface area (Å²) in [6, 6.07) is 14.4. The van der Waals surface area contributed by atoms with Gasteiger partial charge in [0.1, 0.15) is 11.4 Å². The lowest BCUT2D eigenvalue weighted by molar-refractivity contribution is 0.180. The van der Waals surface area contributed by atoms with Gasteiger partial charge in [0.2, 0.25) is 0 Å². The van der Waals surface area contributed by atoms with Crippen LogP contribution in [0.15, 0.2) is 61.1 Å². The van der Waals surface area contributed by atoms with E-state index in [0.29, 0.717) is 11.9 Å². The first-order chi connectivity index (χ1) is 13.7. The van der Waals surface area contributed by atoms with E-state index in [9.17, 15) is 0 Å². The van der Waals surface area contributed by atoms with Crippen LogP contribution < -0.4 is 9.64 Å². The van der Waals surface area contributed by atoms with E-state index in [1.165, 1.54) is 5.69 Å². The summed E-state index contributed by atoms with van der Waals surface area (Å²) in [5.74, 6) is 1.60. The minimum absolute atomic E-state index is 0.425. The SMILES string of the molecule is COc1ccccc1N1CCN(Cc2cnc(-c3ccccn3)nc2)C(C)C1. The molecule has 1 atom stereocenters. The molecule has 0 saturated carbocycles. The lowest BCUT2D eigenvalue weighted by atomic mass is 10.1. The van der Waals surface area contributed by atoms with E-state index >= 15 is 0 Å². The van der Waals surface area contributed by atoms with Gasteiger partial charge < -0.3 is 9.64 Å². The highest BCUT2D eigenvalue weighted by Crippen LogP contribution is 2.29. The average Bonchev–Trinajstić information content (AvgIpc) is 2.76. The third kappa shape index (κ3) is 3.97. The standard InChI is InChI=1S/C22H25N5O/c1-17-15-27(20-8-3-4-9-21(20)28-2)12-11-26(17)16-18-13-24-22(25-14-18)19-7-5-6-10-23-19/h3-10,13-14,17H,11-12,15-16H2,1-2H3. The number of aromatic nitrogens is 3. The Morgan fingerprint density at radius 1 is 1.00 bits per heavy atom. The highest BCUT2D eigenvalue weighted by molar-refractivity contribution is 5.58. The maximum absolute atomic E-state index is 5.53. The molecule has 0 amide bonds. The zero-order valence-electron chi connectivity index (χ0n) is 16.3. The first-order valence-corrected chi connectivity index (χ1v) is 9.59. The number of para-hydroxylation sites is 2. The first kappa shape index (κ1) is 18.4. The normalized spacial score (nSPS) is 17.5. The summed E-state index contributed by atoms with van der Waals surface area (Å²) in [5.41, 5.74) is 3.09. The average molecular weight is 375 g/mol. The molecule has 3 aromatic rings. The third-order valence-electron chi connectivity index (χ3n) is 5.18. The van der Waals surface area contributed by atoms with Crippen molar-refractivity contribution in [2.24, 2.45) is 0 Å². The van der Waals surface area contributed by atoms with E-state index in [0.717, 1.165) is 43.2 Å². The predicted octanol–water partition coefficient (Wildman–Crippen LogP) is 3.26. The van der Waals surface area contributed by atoms with Crippen LogP contribution in [0.5, 0.6) is 5.75 Å². The Bertz CT molecular complexity index is 900. The molecule has 1 aromatic carbocycles. The van der Waals surface area contributed by atoms with Crippen molar-refractivity contribution in [3.05, 3.63) is 66.6 Å². The van der Waals surface area contributed by atoms with Crippen molar-refractivity contribution in [1.82, 2.24) is 19.9 Å². The maximum Gasteiger partial charge on any atom is 0.178 e. The lowest BCUT2D eigenvalue weighted by Crippen LogP contribution is -2.51. The number of hydrogen-bond donors (Lipinski definition) is 0. The maximum atomic E-state index is 5.53. The van der Waals surface area contributed by atoms with Crippen LogP contribution in [0.2, 0.25) is 0 Å². The largest absolute Gasteiger partial charge is 0.495 e. The van der Waals surface area contributed by atoms with E-state index in [1.54, 1.807) is 13.3 Å². The van der Waals surface area contributed by atoms with E-state index in [4.69, 9.17) is 4.74 Å². The molecule has 1 saturated heterocycles. The van der Waals surface area contributed by atoms with E-state index in [2.05, 4.69) is 43.8 Å². The van der Waals surface area contributed by atoms with Gasteiger partial charge in [0, 0.05) is 56.4 Å². The number of hydrogen-bond acceptors (Lipinski definition) is 6. The van der Waals surface area contributed by atoms with Crippen molar-refractivity contribution >= 4 is 5.69 Å². The molecule has 0 N–H and O–H groups in total. The molecule has 6 nitrogen and oxygen atoms in total. The van der Waals surface area contributed by atoms with Crippen LogP contribution in [0.1, 0.15) is 12.5 Å². The highest BCUT2D eigenvalue weighted by Gasteiger charge is 2.25. The van der Waals surface area contributed by atoms with Crippen molar-refractivity contribution in [3.63, 3.8) is 0 Å². The Labute approximate surface area is 165 Å². The summed E-state index contributed by atoms with van der Waals surface area (Å²) in [4.78, 5) is 18.2. The summed E-state index contributed by atoms with van der Waals surface area (Å²) < 4.78 is 5.53. The quantitative estimate of drug-likeness (QED) is 0.682. The summed E-state index contributed by atoms with van der Waals surface area (Å²) in [6.07, 6.45) is 5.59. The van der Waals surface area contributed by atoms with Crippen LogP contribution in [0.4, 0.5) is 5.69 Å². The Morgan fingerprint density at radius 3 is 2.50 bits per heavy atom. The van der Waals surface area contributed by atoms with Crippen molar-refractivity contribution in [2.45, 2.75) is 19.5 Å². The fraction of sp³-hybridized carbons (Fsp3) is 0.318. The van der Waals surface area contributed by atoms with Gasteiger partial charge in [-0.05, 0) is 31.2 Å². The molecule has 28 heavy (non-hydrogen) atoms. The monoisotopic (exact) mass is 375 g/mol. The van der Waals surface area contributed by atoms with E-state index in [1.807, 2.05) is 42.7 Å². The van der Waals surface area contributed by atoms with Gasteiger partial charge >= 0.3 is 0 Å². The number of nitrogens with zero attached hydrogens (tertiary/aromatic N) is 5. The number of anilines is 1. The Hall–Kier alpha value is -2.99. The van der Waals surface area contributed by atoms with Gasteiger partial charge in [-0.2, -0.15) is 0 Å². The molecule has 1 aliphatic heterocycles. The van der Waals surface area contributed by atoms with Crippen molar-refractivity contribution in [3.8, 4) is 17.3 Å². The summed E-state index contributed by atoms with van der Waals surface area (Å²) in [5, 5.41) is 0. The molecular weight excluding hydrogens is 350 g/mol. The molecule has 0 aliphatic carbocycles. The molecule has 0 spiro atoms. The van der Waals surface area contributed by atoms with Gasteiger partial charge in [0.05, 0.1) is 12.8 Å². The van der Waals surface area contributed by atoms with Crippen LogP contribution in [0.3, 0.4) is 0 Å². The molecule has 144 valence electrons. The second-order valence-corrected chi connectivity index (χ2v) is 7.07. The molecule has 0 radical (unpaired) electrons. The van der Waals surface area contributed by atoms with Gasteiger partial charge in [-0.25, -0.2) is 9.97 Å². The predicted molar refractivity (Wildman–Crippen MR) is 110 cm³/mol. The smallest absolute Gasteiger partial charge is 0.178 e. The van der Waals surface area contributed by atoms with Gasteiger partial charge in [0.15, 0.2) is 5.82 Å². The zero-order chi connectivity index (χ0) is 19.3. The lowest BCUT2D eigenvalue weighted by Gasteiger charge is -2.41. The molecule has 1 aliphatic rings. The van der Waals surface area contributed by atoms with Gasteiger partial charge in [0.25, 0.3) is 0 Å². The number of methoxy groups -OCH3 is 1. The van der Waals surface area contributed by atoms with Crippen LogP contribution in [0.25, 0.3) is 11.5 Å². The van der Waals surface area contributed by atoms with Crippen molar-refractivity contribution in [2.75, 3.05) is 31.6 Å². The van der Waals surface area contributed by atoms with Gasteiger partial charge in [-0.1, -0.05) is 18.2 Å². The van der Waals surface area contributed by atoms with Crippen LogP contribution in [0, 0.1) is 0 Å². The van der Waals surface area contributed by atoms with E-state index in [-0.39, 0.29) is 0 Å². The molecule has 0 bridgehead atoms. The summed E-state index contributed by atoms with van der Waals surface area (Å²) in [7, 11) is 1.73. The Morgan fingerprint density at radius 2 is 1.79 bits per heavy atom. The molecule has 3 heterocycles. The molecule has 1 fully saturated rings. The minimum Gasteiger partial charge on any atom is -0.495 e. The second-order valence-electron chi connectivity index (χ2n) is 7.07. The van der Waals surface area contributed by atoms with Crippen molar-refractivity contribution < 1.29 is 4.74 Å². The van der Waals surface area contributed by atoms with Gasteiger partial charge in [-0.3, -0.25) is 9.88 Å². The van der Waals surface area contributed by atoms with Crippen LogP contribution in [-0.2, 0) is 6.54 Å². The summed E-state index contributed by atoms with van der Waals surface area (Å²) >= 11 is 0. The Kier molecular flexibility index (Phi) is 5.48. The topological polar surface area (TPSA) is 54.4 Å². The molecule has 2 aromatic heterocycles. The van der Waals surface area contributed by atoms with Crippen molar-refractivity contribution in [1.29, 1.82) is 0 Å². The second kappa shape index (κ2) is 8.35. The first-order valence-electron chi connectivity index (χ1n) is 9.59. The molecule has 6 heteroatoms. The highest BCUT2D eigenvalue weighted by atomic mass is 16.5. The fourth-order valence-electron chi connectivity index (χ4n) is 3.64. The van der Waals surface area contributed by atoms with Crippen LogP contribution in [-0.4, -0.2) is 52.6 Å². The number of ether oxygens (including phenoxy) is 1. The number of benzene rings is 1. The fourth-order valence-corrected chi connectivity index (χ4v) is 3.64. The van der Waals surface area contributed by atoms with Crippen LogP contribution >= 0.6 is 0 Å². The molecular formula is C22H25N5O.